The van der Waals surface area contributed by atoms with Crippen molar-refractivity contribution >= 4 is 17.4 Å². The van der Waals surface area contributed by atoms with Gasteiger partial charge in [0.25, 0.3) is 0 Å². The largest absolute Gasteiger partial charge is 0.464 e. The van der Waals surface area contributed by atoms with Crippen LogP contribution >= 0.6 is 0 Å². The van der Waals surface area contributed by atoms with Crippen molar-refractivity contribution in [1.29, 1.82) is 0 Å². The molecular formula is C21H20F4N2O4. The van der Waals surface area contributed by atoms with Crippen LogP contribution in [0, 0.1) is 12.7 Å². The Labute approximate surface area is 176 Å². The third kappa shape index (κ3) is 5.80. The van der Waals surface area contributed by atoms with Gasteiger partial charge in [-0.05, 0) is 37.6 Å². The van der Waals surface area contributed by atoms with Gasteiger partial charge >= 0.3 is 12.1 Å². The molecule has 0 aliphatic rings. The van der Waals surface area contributed by atoms with E-state index >= 15 is 0 Å². The summed E-state index contributed by atoms with van der Waals surface area (Å²) in [4.78, 5) is 22.0. The third-order valence-corrected chi connectivity index (χ3v) is 4.31. The predicted molar refractivity (Wildman–Crippen MR) is 105 cm³/mol. The van der Waals surface area contributed by atoms with E-state index in [1.807, 2.05) is 0 Å². The summed E-state index contributed by atoms with van der Waals surface area (Å²) in [7, 11) is 2.46. The molecule has 0 spiro atoms. The fourth-order valence-corrected chi connectivity index (χ4v) is 2.81. The maximum atomic E-state index is 13.3. The molecule has 0 bridgehead atoms. The zero-order valence-corrected chi connectivity index (χ0v) is 17.2. The average molecular weight is 440 g/mol. The molecule has 0 unspecified atom stereocenters. The molecule has 0 radical (unpaired) electrons. The van der Waals surface area contributed by atoms with Crippen LogP contribution in [0.4, 0.5) is 17.6 Å². The lowest BCUT2D eigenvalue weighted by molar-refractivity contribution is -0.138. The fourth-order valence-electron chi connectivity index (χ4n) is 2.81. The number of halogens is 4. The Bertz CT molecular complexity index is 1020. The fraction of sp³-hybridized carbons (Fsp3) is 0.286. The van der Waals surface area contributed by atoms with Gasteiger partial charge in [-0.1, -0.05) is 28.5 Å². The minimum absolute atomic E-state index is 0.0961. The lowest BCUT2D eigenvalue weighted by Crippen LogP contribution is -2.20. The van der Waals surface area contributed by atoms with E-state index in [9.17, 15) is 22.4 Å². The molecule has 0 amide bonds. The van der Waals surface area contributed by atoms with Crippen LogP contribution in [-0.4, -0.2) is 31.6 Å². The van der Waals surface area contributed by atoms with E-state index in [1.54, 1.807) is 25.1 Å². The van der Waals surface area contributed by atoms with E-state index in [0.29, 0.717) is 17.2 Å². The van der Waals surface area contributed by atoms with Crippen molar-refractivity contribution in [3.05, 3.63) is 70.0 Å². The van der Waals surface area contributed by atoms with Crippen molar-refractivity contribution in [1.82, 2.24) is 0 Å². The van der Waals surface area contributed by atoms with Gasteiger partial charge in [-0.3, -0.25) is 0 Å². The van der Waals surface area contributed by atoms with Crippen molar-refractivity contribution in [3.63, 3.8) is 0 Å². The van der Waals surface area contributed by atoms with Gasteiger partial charge in [0.2, 0.25) is 0 Å². The summed E-state index contributed by atoms with van der Waals surface area (Å²) in [6.45, 7) is 2.89. The molecule has 10 heteroatoms. The highest BCUT2D eigenvalue weighted by Crippen LogP contribution is 2.33. The van der Waals surface area contributed by atoms with Crippen LogP contribution in [-0.2, 0) is 32.0 Å². The van der Waals surface area contributed by atoms with E-state index < -0.39 is 23.5 Å². The van der Waals surface area contributed by atoms with Crippen LogP contribution in [0.15, 0.2) is 46.7 Å². The van der Waals surface area contributed by atoms with Crippen LogP contribution in [0.25, 0.3) is 0 Å². The van der Waals surface area contributed by atoms with Gasteiger partial charge in [-0.2, -0.15) is 13.2 Å². The molecule has 0 N–H and O–H groups in total. The molecule has 0 aliphatic heterocycles. The number of nitrogens with zero attached hydrogens (tertiary/aromatic N) is 2. The molecule has 0 atom stereocenters. The molecule has 0 aliphatic carbocycles. The molecule has 31 heavy (non-hydrogen) atoms. The Kier molecular flexibility index (Phi) is 7.73. The Hall–Kier alpha value is -3.43. The number of carbonyl (C=O) groups excluding carboxylic acids is 1. The average Bonchev–Trinajstić information content (AvgIpc) is 2.72. The van der Waals surface area contributed by atoms with Gasteiger partial charge < -0.3 is 14.4 Å². The number of methoxy groups -OCH3 is 1. The Morgan fingerprint density at radius 1 is 1.06 bits per heavy atom. The molecule has 2 aromatic rings. The van der Waals surface area contributed by atoms with Crippen LogP contribution in [0.5, 0.6) is 0 Å². The number of hydrogen-bond acceptors (Lipinski definition) is 6. The van der Waals surface area contributed by atoms with Crippen LogP contribution in [0.1, 0.15) is 34.7 Å². The Morgan fingerprint density at radius 2 is 1.77 bits per heavy atom. The molecule has 0 aromatic heterocycles. The molecule has 0 fully saturated rings. The smallest absolute Gasteiger partial charge is 0.417 e. The maximum Gasteiger partial charge on any atom is 0.417 e. The standard InChI is InChI=1S/C21H20F4N2O4/c1-12-6-5-7-16(19(27-30-4)20(28)29-3)17(12)11-31-26-13(2)15-9-8-14(22)10-18(15)21(23,24)25/h5-10H,11H2,1-4H3/b26-13+,27-19+. The summed E-state index contributed by atoms with van der Waals surface area (Å²) in [5.41, 5.74) is -0.0816. The van der Waals surface area contributed by atoms with E-state index in [0.717, 1.165) is 17.7 Å². The molecule has 0 saturated carbocycles. The Balaban J connectivity index is 2.36. The number of benzene rings is 2. The summed E-state index contributed by atoms with van der Waals surface area (Å²) in [5, 5.41) is 7.45. The van der Waals surface area contributed by atoms with Crippen molar-refractivity contribution in [3.8, 4) is 0 Å². The van der Waals surface area contributed by atoms with Crippen LogP contribution in [0.2, 0.25) is 0 Å². The van der Waals surface area contributed by atoms with Gasteiger partial charge in [-0.15, -0.1) is 0 Å². The number of aryl methyl sites for hydroxylation is 1. The summed E-state index contributed by atoms with van der Waals surface area (Å²) in [6.07, 6.45) is -4.76. The van der Waals surface area contributed by atoms with Gasteiger partial charge in [0.1, 0.15) is 19.5 Å². The lowest BCUT2D eigenvalue weighted by atomic mass is 9.99. The van der Waals surface area contributed by atoms with Crippen molar-refractivity contribution in [2.24, 2.45) is 10.3 Å². The molecule has 0 heterocycles. The first-order valence-corrected chi connectivity index (χ1v) is 8.92. The van der Waals surface area contributed by atoms with Crippen LogP contribution < -0.4 is 0 Å². The molecular weight excluding hydrogens is 420 g/mol. The number of alkyl halides is 3. The summed E-state index contributed by atoms with van der Waals surface area (Å²) < 4.78 is 57.7. The SMILES string of the molecule is CO/N=C(/C(=O)OC)c1cccc(C)c1CO/N=C(\C)c1ccc(F)cc1C(F)(F)F. The number of carbonyl (C=O) groups is 1. The van der Waals surface area contributed by atoms with Gasteiger partial charge in [0.15, 0.2) is 5.71 Å². The number of hydrogen-bond donors (Lipinski definition) is 0. The van der Waals surface area contributed by atoms with Crippen LogP contribution in [0.3, 0.4) is 0 Å². The van der Waals surface area contributed by atoms with E-state index in [-0.39, 0.29) is 23.6 Å². The van der Waals surface area contributed by atoms with E-state index in [4.69, 9.17) is 14.4 Å². The minimum atomic E-state index is -4.76. The first kappa shape index (κ1) is 23.8. The number of rotatable bonds is 7. The van der Waals surface area contributed by atoms with E-state index in [2.05, 4.69) is 10.3 Å². The highest BCUT2D eigenvalue weighted by atomic mass is 19.4. The highest BCUT2D eigenvalue weighted by Gasteiger charge is 2.34. The summed E-state index contributed by atoms with van der Waals surface area (Å²) in [5.74, 6) is -1.75. The number of ether oxygens (including phenoxy) is 1. The second-order valence-electron chi connectivity index (χ2n) is 6.35. The first-order valence-electron chi connectivity index (χ1n) is 8.92. The monoisotopic (exact) mass is 440 g/mol. The second kappa shape index (κ2) is 10.1. The topological polar surface area (TPSA) is 69.5 Å². The molecule has 2 aromatic carbocycles. The predicted octanol–water partition coefficient (Wildman–Crippen LogP) is 4.62. The zero-order chi connectivity index (χ0) is 23.2. The summed E-state index contributed by atoms with van der Waals surface area (Å²) >= 11 is 0. The van der Waals surface area contributed by atoms with E-state index in [1.165, 1.54) is 21.1 Å². The molecule has 2 rings (SSSR count). The van der Waals surface area contributed by atoms with Gasteiger partial charge in [-0.25, -0.2) is 9.18 Å². The first-order chi connectivity index (χ1) is 14.6. The van der Waals surface area contributed by atoms with Crippen molar-refractivity contribution in [2.45, 2.75) is 26.6 Å². The summed E-state index contributed by atoms with van der Waals surface area (Å²) in [6, 6.07) is 7.33. The van der Waals surface area contributed by atoms with Gasteiger partial charge in [0, 0.05) is 16.7 Å². The maximum absolute atomic E-state index is 13.3. The second-order valence-corrected chi connectivity index (χ2v) is 6.35. The zero-order valence-electron chi connectivity index (χ0n) is 17.2. The normalized spacial score (nSPS) is 12.5. The number of esters is 1. The number of oxime groups is 2. The van der Waals surface area contributed by atoms with Gasteiger partial charge in [0.05, 0.1) is 18.4 Å². The lowest BCUT2D eigenvalue weighted by Gasteiger charge is -2.14. The van der Waals surface area contributed by atoms with Crippen molar-refractivity contribution in [2.75, 3.05) is 14.2 Å². The molecule has 166 valence electrons. The minimum Gasteiger partial charge on any atom is -0.464 e. The van der Waals surface area contributed by atoms with Crippen molar-refractivity contribution < 1.29 is 36.8 Å². The third-order valence-electron chi connectivity index (χ3n) is 4.31. The molecule has 0 saturated heterocycles. The quantitative estimate of drug-likeness (QED) is 0.273. The molecule has 6 nitrogen and oxygen atoms in total. The Morgan fingerprint density at radius 3 is 2.39 bits per heavy atom. The highest BCUT2D eigenvalue weighted by molar-refractivity contribution is 6.43.